The zero-order chi connectivity index (χ0) is 15.1. The quantitative estimate of drug-likeness (QED) is 0.872. The molecule has 0 bridgehead atoms. The number of hydrogen-bond donors (Lipinski definition) is 1. The van der Waals surface area contributed by atoms with Crippen molar-refractivity contribution in [2.45, 2.75) is 25.7 Å². The second kappa shape index (κ2) is 8.03. The molecule has 21 heavy (non-hydrogen) atoms. The molecule has 1 aliphatic heterocycles. The number of benzene rings is 1. The summed E-state index contributed by atoms with van der Waals surface area (Å²) in [6.45, 7) is 3.08. The van der Waals surface area contributed by atoms with E-state index in [4.69, 9.17) is 4.74 Å². The van der Waals surface area contributed by atoms with Crippen molar-refractivity contribution in [1.29, 1.82) is 0 Å². The summed E-state index contributed by atoms with van der Waals surface area (Å²) in [6.07, 6.45) is 3.75. The zero-order valence-electron chi connectivity index (χ0n) is 13.1. The number of ether oxygens (including phenoxy) is 1. The number of methoxy groups -OCH3 is 1. The van der Waals surface area contributed by atoms with Crippen LogP contribution < -0.4 is 10.1 Å². The normalized spacial score (nSPS) is 19.2. The lowest BCUT2D eigenvalue weighted by atomic mass is 9.98. The van der Waals surface area contributed by atoms with Crippen molar-refractivity contribution in [3.05, 3.63) is 29.8 Å². The van der Waals surface area contributed by atoms with E-state index in [-0.39, 0.29) is 5.91 Å². The molecule has 4 heteroatoms. The molecule has 116 valence electrons. The van der Waals surface area contributed by atoms with Gasteiger partial charge in [0.15, 0.2) is 0 Å². The van der Waals surface area contributed by atoms with Crippen LogP contribution in [0, 0.1) is 5.92 Å². The van der Waals surface area contributed by atoms with Gasteiger partial charge in [0, 0.05) is 19.5 Å². The van der Waals surface area contributed by atoms with Gasteiger partial charge in [-0.1, -0.05) is 12.1 Å². The Balaban J connectivity index is 1.69. The van der Waals surface area contributed by atoms with Crippen molar-refractivity contribution in [1.82, 2.24) is 10.2 Å². The Bertz CT molecular complexity index is 462. The molecule has 1 saturated heterocycles. The largest absolute Gasteiger partial charge is 0.497 e. The standard InChI is InChI=1S/C17H26N2O2/c1-19-10-4-6-15(13-19)12-18-17(20)9-8-14-5-3-7-16(11-14)21-2/h3,5,7,11,15H,4,6,8-10,12-13H2,1-2H3,(H,18,20)/t15-/m1/s1. The van der Waals surface area contributed by atoms with Crippen LogP contribution in [-0.2, 0) is 11.2 Å². The topological polar surface area (TPSA) is 41.6 Å². The lowest BCUT2D eigenvalue weighted by Gasteiger charge is -2.29. The van der Waals surface area contributed by atoms with Crippen molar-refractivity contribution in [3.63, 3.8) is 0 Å². The van der Waals surface area contributed by atoms with Gasteiger partial charge < -0.3 is 15.0 Å². The third-order valence-corrected chi connectivity index (χ3v) is 4.08. The second-order valence-electron chi connectivity index (χ2n) is 5.93. The molecule has 1 aromatic rings. The number of piperidine rings is 1. The molecule has 1 fully saturated rings. The minimum Gasteiger partial charge on any atom is -0.497 e. The van der Waals surface area contributed by atoms with Crippen LogP contribution in [0.3, 0.4) is 0 Å². The molecule has 4 nitrogen and oxygen atoms in total. The Kier molecular flexibility index (Phi) is 6.05. The van der Waals surface area contributed by atoms with Gasteiger partial charge in [-0.3, -0.25) is 4.79 Å². The number of carbonyl (C=O) groups is 1. The van der Waals surface area contributed by atoms with Crippen LogP contribution in [0.25, 0.3) is 0 Å². The van der Waals surface area contributed by atoms with E-state index in [0.717, 1.165) is 30.8 Å². The van der Waals surface area contributed by atoms with Gasteiger partial charge in [0.25, 0.3) is 0 Å². The molecule has 1 aromatic carbocycles. The predicted molar refractivity (Wildman–Crippen MR) is 84.5 cm³/mol. The minimum absolute atomic E-state index is 0.144. The average Bonchev–Trinajstić information content (AvgIpc) is 2.51. The van der Waals surface area contributed by atoms with Gasteiger partial charge in [0.05, 0.1) is 7.11 Å². The van der Waals surface area contributed by atoms with Crippen LogP contribution >= 0.6 is 0 Å². The summed E-state index contributed by atoms with van der Waals surface area (Å²) in [7, 11) is 3.81. The van der Waals surface area contributed by atoms with E-state index in [1.54, 1.807) is 7.11 Å². The first-order valence-electron chi connectivity index (χ1n) is 7.75. The van der Waals surface area contributed by atoms with E-state index < -0.39 is 0 Å². The second-order valence-corrected chi connectivity index (χ2v) is 5.93. The lowest BCUT2D eigenvalue weighted by Crippen LogP contribution is -2.39. The van der Waals surface area contributed by atoms with Crippen LogP contribution in [0.1, 0.15) is 24.8 Å². The molecule has 0 spiro atoms. The van der Waals surface area contributed by atoms with Crippen LogP contribution in [0.15, 0.2) is 24.3 Å². The third kappa shape index (κ3) is 5.38. The lowest BCUT2D eigenvalue weighted by molar-refractivity contribution is -0.121. The summed E-state index contributed by atoms with van der Waals surface area (Å²) in [5, 5.41) is 3.07. The van der Waals surface area contributed by atoms with Gasteiger partial charge in [-0.2, -0.15) is 0 Å². The van der Waals surface area contributed by atoms with E-state index in [1.165, 1.54) is 19.4 Å². The number of carbonyl (C=O) groups excluding carboxylic acids is 1. The maximum absolute atomic E-state index is 11.9. The van der Waals surface area contributed by atoms with E-state index in [1.807, 2.05) is 24.3 Å². The Labute approximate surface area is 127 Å². The summed E-state index contributed by atoms with van der Waals surface area (Å²) < 4.78 is 5.19. The third-order valence-electron chi connectivity index (χ3n) is 4.08. The fraction of sp³-hybridized carbons (Fsp3) is 0.588. The molecule has 1 N–H and O–H groups in total. The summed E-state index contributed by atoms with van der Waals surface area (Å²) in [5.41, 5.74) is 1.14. The first kappa shape index (κ1) is 15.8. The summed E-state index contributed by atoms with van der Waals surface area (Å²) in [4.78, 5) is 14.3. The Hall–Kier alpha value is -1.55. The number of amides is 1. The van der Waals surface area contributed by atoms with E-state index >= 15 is 0 Å². The van der Waals surface area contributed by atoms with Gasteiger partial charge in [0.2, 0.25) is 5.91 Å². The SMILES string of the molecule is COc1cccc(CCC(=O)NC[C@H]2CCCN(C)C2)c1. The Morgan fingerprint density at radius 3 is 3.10 bits per heavy atom. The summed E-state index contributed by atoms with van der Waals surface area (Å²) in [6, 6.07) is 7.91. The summed E-state index contributed by atoms with van der Waals surface area (Å²) in [5.74, 6) is 1.59. The maximum Gasteiger partial charge on any atom is 0.220 e. The number of likely N-dealkylation sites (tertiary alicyclic amines) is 1. The maximum atomic E-state index is 11.9. The smallest absolute Gasteiger partial charge is 0.220 e. The van der Waals surface area contributed by atoms with Crippen LogP contribution in [0.5, 0.6) is 5.75 Å². The van der Waals surface area contributed by atoms with Crippen LogP contribution in [0.2, 0.25) is 0 Å². The molecule has 1 atom stereocenters. The highest BCUT2D eigenvalue weighted by atomic mass is 16.5. The fourth-order valence-electron chi connectivity index (χ4n) is 2.87. The van der Waals surface area contributed by atoms with Gasteiger partial charge in [-0.05, 0) is 56.5 Å². The van der Waals surface area contributed by atoms with Crippen molar-refractivity contribution >= 4 is 5.91 Å². The van der Waals surface area contributed by atoms with Crippen molar-refractivity contribution in [3.8, 4) is 5.75 Å². The molecular formula is C17H26N2O2. The molecule has 1 aliphatic rings. The number of nitrogens with one attached hydrogen (secondary N) is 1. The van der Waals surface area contributed by atoms with Crippen LogP contribution in [0.4, 0.5) is 0 Å². The molecule has 1 heterocycles. The minimum atomic E-state index is 0.144. The molecule has 0 radical (unpaired) electrons. The van der Waals surface area contributed by atoms with Crippen LogP contribution in [-0.4, -0.2) is 44.6 Å². The highest BCUT2D eigenvalue weighted by molar-refractivity contribution is 5.76. The highest BCUT2D eigenvalue weighted by Crippen LogP contribution is 2.15. The van der Waals surface area contributed by atoms with Gasteiger partial charge in [-0.25, -0.2) is 0 Å². The number of aryl methyl sites for hydroxylation is 1. The van der Waals surface area contributed by atoms with Crippen molar-refractivity contribution < 1.29 is 9.53 Å². The predicted octanol–water partition coefficient (Wildman–Crippen LogP) is 2.09. The van der Waals surface area contributed by atoms with E-state index in [2.05, 4.69) is 17.3 Å². The Morgan fingerprint density at radius 2 is 2.33 bits per heavy atom. The monoisotopic (exact) mass is 290 g/mol. The van der Waals surface area contributed by atoms with Gasteiger partial charge in [0.1, 0.15) is 5.75 Å². The first-order chi connectivity index (χ1) is 10.2. The number of nitrogens with zero attached hydrogens (tertiary/aromatic N) is 1. The number of rotatable bonds is 6. The number of hydrogen-bond acceptors (Lipinski definition) is 3. The zero-order valence-corrected chi connectivity index (χ0v) is 13.1. The molecule has 0 saturated carbocycles. The Morgan fingerprint density at radius 1 is 1.48 bits per heavy atom. The molecule has 0 unspecified atom stereocenters. The summed E-state index contributed by atoms with van der Waals surface area (Å²) >= 11 is 0. The molecule has 1 amide bonds. The highest BCUT2D eigenvalue weighted by Gasteiger charge is 2.17. The molecule has 2 rings (SSSR count). The van der Waals surface area contributed by atoms with Crippen molar-refractivity contribution in [2.24, 2.45) is 5.92 Å². The fourth-order valence-corrected chi connectivity index (χ4v) is 2.87. The van der Waals surface area contributed by atoms with Crippen molar-refractivity contribution in [2.75, 3.05) is 33.8 Å². The van der Waals surface area contributed by atoms with E-state index in [0.29, 0.717) is 12.3 Å². The molecular weight excluding hydrogens is 264 g/mol. The van der Waals surface area contributed by atoms with E-state index in [9.17, 15) is 4.79 Å². The van der Waals surface area contributed by atoms with Gasteiger partial charge >= 0.3 is 0 Å². The molecule has 0 aliphatic carbocycles. The first-order valence-corrected chi connectivity index (χ1v) is 7.75. The average molecular weight is 290 g/mol. The van der Waals surface area contributed by atoms with Gasteiger partial charge in [-0.15, -0.1) is 0 Å². The molecule has 0 aromatic heterocycles.